The molecule has 0 spiro atoms. The van der Waals surface area contributed by atoms with Crippen LogP contribution in [0, 0.1) is 0 Å². The van der Waals surface area contributed by atoms with Gasteiger partial charge < -0.3 is 5.11 Å². The molecule has 0 radical (unpaired) electrons. The fourth-order valence-corrected chi connectivity index (χ4v) is 1.04. The highest BCUT2D eigenvalue weighted by molar-refractivity contribution is 5.95. The van der Waals surface area contributed by atoms with Crippen molar-refractivity contribution >= 4 is 5.78 Å². The lowest BCUT2D eigenvalue weighted by Crippen LogP contribution is -2.07. The van der Waals surface area contributed by atoms with Gasteiger partial charge in [-0.25, -0.2) is 0 Å². The van der Waals surface area contributed by atoms with Crippen LogP contribution in [0.4, 0.5) is 0 Å². The molecule has 0 aromatic heterocycles. The molecule has 0 atom stereocenters. The van der Waals surface area contributed by atoms with Crippen molar-refractivity contribution < 1.29 is 9.90 Å². The van der Waals surface area contributed by atoms with E-state index in [-0.39, 0.29) is 5.78 Å². The van der Waals surface area contributed by atoms with E-state index < -0.39 is 0 Å². The minimum absolute atomic E-state index is 0.115. The third kappa shape index (κ3) is 1.31. The van der Waals surface area contributed by atoms with Gasteiger partial charge in [0.2, 0.25) is 0 Å². The van der Waals surface area contributed by atoms with E-state index in [1.54, 1.807) is 0 Å². The third-order valence-corrected chi connectivity index (χ3v) is 1.61. The van der Waals surface area contributed by atoms with Crippen LogP contribution < -0.4 is 0 Å². The van der Waals surface area contributed by atoms with Crippen molar-refractivity contribution in [2.45, 2.75) is 25.7 Å². The summed E-state index contributed by atoms with van der Waals surface area (Å²) < 4.78 is 0. The van der Waals surface area contributed by atoms with Gasteiger partial charge in [0.25, 0.3) is 0 Å². The van der Waals surface area contributed by atoms with Crippen LogP contribution in [0.5, 0.6) is 0 Å². The highest BCUT2D eigenvalue weighted by atomic mass is 16.2. The molecule has 1 aliphatic carbocycles. The van der Waals surface area contributed by atoms with E-state index in [2.05, 4.69) is 0 Å². The summed E-state index contributed by atoms with van der Waals surface area (Å²) in [5.41, 5.74) is 0.598. The van der Waals surface area contributed by atoms with Gasteiger partial charge in [-0.05, 0) is 19.3 Å². The summed E-state index contributed by atoms with van der Waals surface area (Å²) in [4.78, 5) is 10.8. The number of rotatable bonds is 0. The van der Waals surface area contributed by atoms with Crippen LogP contribution in [-0.4, -0.2) is 10.9 Å². The van der Waals surface area contributed by atoms with Crippen molar-refractivity contribution in [2.24, 2.45) is 0 Å². The van der Waals surface area contributed by atoms with E-state index in [9.17, 15) is 4.79 Å². The van der Waals surface area contributed by atoms with Gasteiger partial charge in [-0.3, -0.25) is 4.79 Å². The molecule has 0 aromatic carbocycles. The first-order valence-corrected chi connectivity index (χ1v) is 3.21. The number of aliphatic hydroxyl groups is 1. The predicted octanol–water partition coefficient (Wildman–Crippen LogP) is 1.57. The van der Waals surface area contributed by atoms with Crippen LogP contribution in [0.3, 0.4) is 0 Å². The maximum absolute atomic E-state index is 10.8. The van der Waals surface area contributed by atoms with Gasteiger partial charge in [0, 0.05) is 12.0 Å². The van der Waals surface area contributed by atoms with Gasteiger partial charge in [0.15, 0.2) is 5.78 Å². The average Bonchev–Trinajstić information content (AvgIpc) is 1.89. The number of hydrogen-bond acceptors (Lipinski definition) is 2. The van der Waals surface area contributed by atoms with Gasteiger partial charge in [-0.1, -0.05) is 0 Å². The zero-order valence-corrected chi connectivity index (χ0v) is 5.26. The van der Waals surface area contributed by atoms with Crippen LogP contribution in [-0.2, 0) is 4.79 Å². The molecule has 0 amide bonds. The molecular formula is C7H10O2. The Morgan fingerprint density at radius 2 is 2.00 bits per heavy atom. The first kappa shape index (κ1) is 6.33. The van der Waals surface area contributed by atoms with Crippen LogP contribution >= 0.6 is 0 Å². The summed E-state index contributed by atoms with van der Waals surface area (Å²) in [7, 11) is 0. The smallest absolute Gasteiger partial charge is 0.161 e. The predicted molar refractivity (Wildman–Crippen MR) is 34.2 cm³/mol. The maximum Gasteiger partial charge on any atom is 0.161 e. The molecule has 2 heteroatoms. The lowest BCUT2D eigenvalue weighted by molar-refractivity contribution is -0.116. The topological polar surface area (TPSA) is 37.3 Å². The minimum atomic E-state index is 0.115. The summed E-state index contributed by atoms with van der Waals surface area (Å²) in [6, 6.07) is 0. The lowest BCUT2D eigenvalue weighted by atomic mass is 9.95. The fraction of sp³-hybridized carbons (Fsp3) is 0.571. The molecule has 9 heavy (non-hydrogen) atoms. The van der Waals surface area contributed by atoms with Crippen molar-refractivity contribution in [2.75, 3.05) is 0 Å². The summed E-state index contributed by atoms with van der Waals surface area (Å²) in [5, 5.41) is 8.48. The number of carbonyl (C=O) groups excluding carboxylic acids is 1. The second-order valence-electron chi connectivity index (χ2n) is 2.28. The van der Waals surface area contributed by atoms with Crippen LogP contribution in [0.15, 0.2) is 11.8 Å². The van der Waals surface area contributed by atoms with Gasteiger partial charge in [-0.2, -0.15) is 0 Å². The number of hydrogen-bond donors (Lipinski definition) is 1. The molecule has 0 heterocycles. The molecule has 1 fully saturated rings. The zero-order chi connectivity index (χ0) is 6.69. The Morgan fingerprint density at radius 3 is 2.44 bits per heavy atom. The number of allylic oxidation sites excluding steroid dienone is 1. The monoisotopic (exact) mass is 126 g/mol. The molecule has 50 valence electrons. The molecule has 1 N–H and O–H groups in total. The van der Waals surface area contributed by atoms with E-state index in [0.29, 0.717) is 12.0 Å². The lowest BCUT2D eigenvalue weighted by Gasteiger charge is -2.09. The molecule has 1 rings (SSSR count). The summed E-state index contributed by atoms with van der Waals surface area (Å²) in [6.07, 6.45) is 4.34. The number of aliphatic hydroxyl groups excluding tert-OH is 1. The molecule has 1 saturated carbocycles. The Morgan fingerprint density at radius 1 is 1.33 bits per heavy atom. The van der Waals surface area contributed by atoms with E-state index in [1.807, 2.05) is 0 Å². The van der Waals surface area contributed by atoms with Gasteiger partial charge in [0.1, 0.15) is 0 Å². The Hall–Kier alpha value is -0.790. The minimum Gasteiger partial charge on any atom is -0.515 e. The standard InChI is InChI=1S/C7H10O2/c8-5-6-3-1-2-4-7(6)9/h5,8H,1-4H2/b6-5+. The first-order chi connectivity index (χ1) is 4.34. The van der Waals surface area contributed by atoms with Crippen molar-refractivity contribution in [1.82, 2.24) is 0 Å². The highest BCUT2D eigenvalue weighted by Gasteiger charge is 2.13. The first-order valence-electron chi connectivity index (χ1n) is 3.21. The van der Waals surface area contributed by atoms with E-state index >= 15 is 0 Å². The second-order valence-corrected chi connectivity index (χ2v) is 2.28. The largest absolute Gasteiger partial charge is 0.515 e. The van der Waals surface area contributed by atoms with Gasteiger partial charge in [0.05, 0.1) is 6.26 Å². The van der Waals surface area contributed by atoms with Crippen LogP contribution in [0.25, 0.3) is 0 Å². The van der Waals surface area contributed by atoms with Gasteiger partial charge >= 0.3 is 0 Å². The number of carbonyl (C=O) groups is 1. The SMILES string of the molecule is O=C1CCCC/C1=C\O. The number of Topliss-reactive ketones (excluding diaryl/α,β-unsaturated/α-hetero) is 1. The molecule has 0 aliphatic heterocycles. The Bertz CT molecular complexity index is 147. The summed E-state index contributed by atoms with van der Waals surface area (Å²) in [5.74, 6) is 0.115. The molecule has 2 nitrogen and oxygen atoms in total. The van der Waals surface area contributed by atoms with Crippen LogP contribution in [0.2, 0.25) is 0 Å². The molecule has 0 bridgehead atoms. The van der Waals surface area contributed by atoms with E-state index in [4.69, 9.17) is 5.11 Å². The molecule has 0 unspecified atom stereocenters. The maximum atomic E-state index is 10.8. The van der Waals surface area contributed by atoms with Gasteiger partial charge in [-0.15, -0.1) is 0 Å². The van der Waals surface area contributed by atoms with E-state index in [0.717, 1.165) is 25.5 Å². The molecular weight excluding hydrogens is 116 g/mol. The summed E-state index contributed by atoms with van der Waals surface area (Å²) >= 11 is 0. The van der Waals surface area contributed by atoms with Crippen molar-refractivity contribution in [1.29, 1.82) is 0 Å². The zero-order valence-electron chi connectivity index (χ0n) is 5.26. The normalized spacial score (nSPS) is 24.9. The Balaban J connectivity index is 2.60. The van der Waals surface area contributed by atoms with Crippen molar-refractivity contribution in [3.05, 3.63) is 11.8 Å². The second kappa shape index (κ2) is 2.67. The third-order valence-electron chi connectivity index (χ3n) is 1.61. The Labute approximate surface area is 54.2 Å². The Kier molecular flexibility index (Phi) is 1.88. The molecule has 0 aromatic rings. The van der Waals surface area contributed by atoms with Crippen molar-refractivity contribution in [3.8, 4) is 0 Å². The molecule has 1 aliphatic rings. The summed E-state index contributed by atoms with van der Waals surface area (Å²) in [6.45, 7) is 0. The highest BCUT2D eigenvalue weighted by Crippen LogP contribution is 2.18. The number of ketones is 1. The molecule has 0 saturated heterocycles. The quantitative estimate of drug-likeness (QED) is 0.395. The average molecular weight is 126 g/mol. The van der Waals surface area contributed by atoms with Crippen molar-refractivity contribution in [3.63, 3.8) is 0 Å². The van der Waals surface area contributed by atoms with E-state index in [1.165, 1.54) is 0 Å². The fourth-order valence-electron chi connectivity index (χ4n) is 1.04. The van der Waals surface area contributed by atoms with Crippen LogP contribution in [0.1, 0.15) is 25.7 Å².